The van der Waals surface area contributed by atoms with E-state index in [0.717, 1.165) is 41.9 Å². The summed E-state index contributed by atoms with van der Waals surface area (Å²) in [4.78, 5) is 25.9. The van der Waals surface area contributed by atoms with Crippen LogP contribution in [0.4, 0.5) is 4.39 Å². The number of benzene rings is 1. The number of methoxy groups -OCH3 is 1. The summed E-state index contributed by atoms with van der Waals surface area (Å²) >= 11 is 0. The molecule has 2 aromatic heterocycles. The van der Waals surface area contributed by atoms with Gasteiger partial charge in [0.2, 0.25) is 5.88 Å². The van der Waals surface area contributed by atoms with E-state index in [2.05, 4.69) is 9.88 Å². The lowest BCUT2D eigenvalue weighted by molar-refractivity contribution is -0.0485. The van der Waals surface area contributed by atoms with Gasteiger partial charge in [0.05, 0.1) is 29.9 Å². The Morgan fingerprint density at radius 2 is 1.61 bits per heavy atom. The highest BCUT2D eigenvalue weighted by Gasteiger charge is 2.45. The van der Waals surface area contributed by atoms with E-state index in [1.165, 1.54) is 71.0 Å². The fraction of sp³-hybridized carbons (Fsp3) is 0.581. The normalized spacial score (nSPS) is 31.3. The molecule has 0 amide bonds. The van der Waals surface area contributed by atoms with Crippen LogP contribution in [0.2, 0.25) is 0 Å². The van der Waals surface area contributed by atoms with Crippen molar-refractivity contribution < 1.29 is 9.13 Å². The van der Waals surface area contributed by atoms with Crippen LogP contribution in [0.15, 0.2) is 41.3 Å². The second-order valence-corrected chi connectivity index (χ2v) is 12.2. The van der Waals surface area contributed by atoms with Crippen LogP contribution in [0.1, 0.15) is 76.7 Å². The van der Waals surface area contributed by atoms with Gasteiger partial charge >= 0.3 is 0 Å². The van der Waals surface area contributed by atoms with E-state index in [4.69, 9.17) is 9.72 Å². The zero-order valence-corrected chi connectivity index (χ0v) is 22.2. The first-order valence-corrected chi connectivity index (χ1v) is 14.6. The third kappa shape index (κ3) is 4.14. The Bertz CT molecular complexity index is 1380. The number of hydrogen-bond donors (Lipinski definition) is 0. The second kappa shape index (κ2) is 9.74. The molecular formula is C31H37FN4O2. The van der Waals surface area contributed by atoms with Crippen LogP contribution in [-0.4, -0.2) is 44.7 Å². The van der Waals surface area contributed by atoms with Gasteiger partial charge in [-0.05, 0) is 75.0 Å². The smallest absolute Gasteiger partial charge is 0.278 e. The number of ether oxygens (including phenoxy) is 1. The zero-order valence-electron chi connectivity index (χ0n) is 22.2. The van der Waals surface area contributed by atoms with Gasteiger partial charge in [0.15, 0.2) is 0 Å². The summed E-state index contributed by atoms with van der Waals surface area (Å²) in [5, 5.41) is 0. The molecule has 3 aromatic rings. The predicted octanol–water partition coefficient (Wildman–Crippen LogP) is 6.13. The first-order valence-electron chi connectivity index (χ1n) is 14.6. The van der Waals surface area contributed by atoms with Crippen molar-refractivity contribution in [3.63, 3.8) is 0 Å². The third-order valence-corrected chi connectivity index (χ3v) is 9.96. The SMILES string of the molecule is COc1ncc(F)cc1-c1nc2ccccc2n(C2CC3CCCC(C2)N3C2CC3CCCC(C3)C2)c1=O. The van der Waals surface area contributed by atoms with Gasteiger partial charge in [-0.25, -0.2) is 14.4 Å². The fourth-order valence-corrected chi connectivity index (χ4v) is 8.59. The van der Waals surface area contributed by atoms with E-state index in [1.54, 1.807) is 0 Å². The quantitative estimate of drug-likeness (QED) is 0.417. The zero-order chi connectivity index (χ0) is 25.8. The minimum absolute atomic E-state index is 0.0938. The first-order chi connectivity index (χ1) is 18.6. The highest BCUT2D eigenvalue weighted by molar-refractivity contribution is 5.78. The van der Waals surface area contributed by atoms with E-state index >= 15 is 0 Å². The van der Waals surface area contributed by atoms with Gasteiger partial charge in [-0.15, -0.1) is 0 Å². The second-order valence-electron chi connectivity index (χ2n) is 12.2. The first kappa shape index (κ1) is 24.3. The average molecular weight is 517 g/mol. The van der Waals surface area contributed by atoms with Crippen molar-refractivity contribution in [2.45, 2.75) is 94.8 Å². The summed E-state index contributed by atoms with van der Waals surface area (Å²) in [6.45, 7) is 0. The van der Waals surface area contributed by atoms with Crippen LogP contribution in [-0.2, 0) is 0 Å². The van der Waals surface area contributed by atoms with Crippen molar-refractivity contribution in [3.8, 4) is 17.1 Å². The van der Waals surface area contributed by atoms with Gasteiger partial charge in [-0.3, -0.25) is 9.69 Å². The number of piperidine rings is 2. The Balaban J connectivity index is 1.28. The van der Waals surface area contributed by atoms with E-state index in [0.29, 0.717) is 23.7 Å². The number of para-hydroxylation sites is 2. The molecule has 4 bridgehead atoms. The highest BCUT2D eigenvalue weighted by Crippen LogP contribution is 2.47. The molecular weight excluding hydrogens is 479 g/mol. The molecule has 2 saturated heterocycles. The molecule has 2 saturated carbocycles. The molecule has 1 aromatic carbocycles. The van der Waals surface area contributed by atoms with Crippen LogP contribution < -0.4 is 10.3 Å². The third-order valence-electron chi connectivity index (χ3n) is 9.96. The molecule has 2 aliphatic heterocycles. The summed E-state index contributed by atoms with van der Waals surface area (Å²) in [5.74, 6) is 1.53. The number of pyridine rings is 1. The molecule has 4 unspecified atom stereocenters. The van der Waals surface area contributed by atoms with E-state index in [9.17, 15) is 9.18 Å². The predicted molar refractivity (Wildman–Crippen MR) is 146 cm³/mol. The maximum absolute atomic E-state index is 14.3. The Hall–Kier alpha value is -2.80. The Labute approximate surface area is 223 Å². The Morgan fingerprint density at radius 1 is 0.895 bits per heavy atom. The molecule has 38 heavy (non-hydrogen) atoms. The molecule has 0 N–H and O–H groups in total. The molecule has 0 spiro atoms. The van der Waals surface area contributed by atoms with Crippen molar-refractivity contribution in [1.82, 2.24) is 19.4 Å². The van der Waals surface area contributed by atoms with Gasteiger partial charge in [0, 0.05) is 24.2 Å². The minimum atomic E-state index is -0.512. The van der Waals surface area contributed by atoms with Gasteiger partial charge in [-0.2, -0.15) is 0 Å². The number of fused-ring (bicyclic) bond motifs is 5. The molecule has 200 valence electrons. The Morgan fingerprint density at radius 3 is 2.34 bits per heavy atom. The highest BCUT2D eigenvalue weighted by atomic mass is 19.1. The molecule has 4 aliphatic rings. The van der Waals surface area contributed by atoms with Crippen molar-refractivity contribution in [3.05, 3.63) is 52.7 Å². The Kier molecular flexibility index (Phi) is 6.22. The lowest BCUT2D eigenvalue weighted by Crippen LogP contribution is -2.58. The summed E-state index contributed by atoms with van der Waals surface area (Å²) in [6.07, 6.45) is 15.2. The van der Waals surface area contributed by atoms with E-state index in [1.807, 2.05) is 28.8 Å². The maximum Gasteiger partial charge on any atom is 0.278 e. The number of nitrogens with zero attached hydrogens (tertiary/aromatic N) is 4. The van der Waals surface area contributed by atoms with Crippen molar-refractivity contribution in [1.29, 1.82) is 0 Å². The molecule has 6 nitrogen and oxygen atoms in total. The van der Waals surface area contributed by atoms with Gasteiger partial charge < -0.3 is 9.30 Å². The molecule has 7 heteroatoms. The summed E-state index contributed by atoms with van der Waals surface area (Å²) in [5.41, 5.74) is 1.93. The molecule has 4 fully saturated rings. The maximum atomic E-state index is 14.3. The minimum Gasteiger partial charge on any atom is -0.481 e. The summed E-state index contributed by atoms with van der Waals surface area (Å²) in [7, 11) is 1.49. The number of hydrogen-bond acceptors (Lipinski definition) is 5. The van der Waals surface area contributed by atoms with Crippen LogP contribution in [0.5, 0.6) is 5.88 Å². The molecule has 4 atom stereocenters. The van der Waals surface area contributed by atoms with Gasteiger partial charge in [-0.1, -0.05) is 37.8 Å². The summed E-state index contributed by atoms with van der Waals surface area (Å²) < 4.78 is 21.7. The number of aromatic nitrogens is 3. The lowest BCUT2D eigenvalue weighted by atomic mass is 9.68. The monoisotopic (exact) mass is 516 g/mol. The van der Waals surface area contributed by atoms with Crippen LogP contribution in [0.3, 0.4) is 0 Å². The number of halogens is 1. The topological polar surface area (TPSA) is 60.3 Å². The van der Waals surface area contributed by atoms with Crippen LogP contribution in [0, 0.1) is 17.7 Å². The standard InChI is InChI=1S/C31H37FN4O2/c1-38-30-26(15-21(32)18-33-30)29-31(37)36(28-11-3-2-10-27(28)34-29)25-16-22-8-5-9-23(17-25)35(22)24-13-19-6-4-7-20(12-19)14-24/h2-3,10-11,15,18-20,22-25H,4-9,12-14,16-17H2,1H3. The van der Waals surface area contributed by atoms with Crippen molar-refractivity contribution in [2.75, 3.05) is 7.11 Å². The molecule has 4 heterocycles. The van der Waals surface area contributed by atoms with Crippen molar-refractivity contribution in [2.24, 2.45) is 11.8 Å². The van der Waals surface area contributed by atoms with Gasteiger partial charge in [0.1, 0.15) is 11.5 Å². The van der Waals surface area contributed by atoms with Gasteiger partial charge in [0.25, 0.3) is 5.56 Å². The van der Waals surface area contributed by atoms with Crippen molar-refractivity contribution >= 4 is 11.0 Å². The van der Waals surface area contributed by atoms with E-state index in [-0.39, 0.29) is 23.2 Å². The van der Waals surface area contributed by atoms with E-state index < -0.39 is 5.82 Å². The lowest BCUT2D eigenvalue weighted by Gasteiger charge is -2.55. The molecule has 7 rings (SSSR count). The van der Waals surface area contributed by atoms with Crippen LogP contribution in [0.25, 0.3) is 22.3 Å². The average Bonchev–Trinajstić information content (AvgIpc) is 2.92. The summed E-state index contributed by atoms with van der Waals surface area (Å²) in [6, 6.07) is 11.0. The molecule has 2 aliphatic carbocycles. The largest absolute Gasteiger partial charge is 0.481 e. The molecule has 0 radical (unpaired) electrons. The van der Waals surface area contributed by atoms with Crippen LogP contribution >= 0.6 is 0 Å². The number of rotatable bonds is 4. The fourth-order valence-electron chi connectivity index (χ4n) is 8.59.